The average Bonchev–Trinajstić information content (AvgIpc) is 2.95. The van der Waals surface area contributed by atoms with Gasteiger partial charge in [-0.3, -0.25) is 9.69 Å². The lowest BCUT2D eigenvalue weighted by Crippen LogP contribution is -2.60. The normalized spacial score (nSPS) is 20.4. The maximum atomic E-state index is 13.6. The van der Waals surface area contributed by atoms with Crippen LogP contribution >= 0.6 is 15.9 Å². The van der Waals surface area contributed by atoms with E-state index in [-0.39, 0.29) is 17.5 Å². The molecule has 2 saturated heterocycles. The Morgan fingerprint density at radius 1 is 1.11 bits per heavy atom. The highest BCUT2D eigenvalue weighted by Crippen LogP contribution is 2.36. The molecule has 8 heteroatoms. The summed E-state index contributed by atoms with van der Waals surface area (Å²) in [4.78, 5) is 23.8. The molecule has 38 heavy (non-hydrogen) atoms. The predicted octanol–water partition coefficient (Wildman–Crippen LogP) is 5.53. The van der Waals surface area contributed by atoms with Gasteiger partial charge in [0.25, 0.3) is 5.91 Å². The Morgan fingerprint density at radius 3 is 2.58 bits per heavy atom. The van der Waals surface area contributed by atoms with Gasteiger partial charge in [0.05, 0.1) is 17.0 Å². The molecule has 1 aromatic heterocycles. The number of pyridine rings is 1. The number of hydrogen-bond acceptors (Lipinski definition) is 5. The number of carbonyl (C=O) groups excluding carboxylic acids is 1. The summed E-state index contributed by atoms with van der Waals surface area (Å²) in [6.45, 7) is 7.18. The van der Waals surface area contributed by atoms with Crippen molar-refractivity contribution >= 4 is 38.5 Å². The number of fused-ring (bicyclic) bond motifs is 1. The molecule has 2 aliphatic heterocycles. The number of carbonyl (C=O) groups is 1. The summed E-state index contributed by atoms with van der Waals surface area (Å²) in [6, 6.07) is 17.4. The van der Waals surface area contributed by atoms with Crippen molar-refractivity contribution in [2.75, 3.05) is 26.2 Å². The Hall–Kier alpha value is -2.97. The Bertz CT molecular complexity index is 1320. The summed E-state index contributed by atoms with van der Waals surface area (Å²) in [6.07, 6.45) is 6.54. The fourth-order valence-electron chi connectivity index (χ4n) is 5.96. The van der Waals surface area contributed by atoms with E-state index in [0.717, 1.165) is 59.1 Å². The molecule has 5 rings (SSSR count). The van der Waals surface area contributed by atoms with Crippen molar-refractivity contribution < 1.29 is 14.4 Å². The van der Waals surface area contributed by atoms with Crippen LogP contribution in [0, 0.1) is 5.21 Å². The molecule has 1 amide bonds. The van der Waals surface area contributed by atoms with E-state index in [9.17, 15) is 10.0 Å². The van der Waals surface area contributed by atoms with Crippen LogP contribution in [0.4, 0.5) is 0 Å². The highest BCUT2D eigenvalue weighted by atomic mass is 79.9. The fraction of sp³-hybridized carbons (Fsp3) is 0.433. The van der Waals surface area contributed by atoms with Gasteiger partial charge in [-0.05, 0) is 64.3 Å². The van der Waals surface area contributed by atoms with Crippen LogP contribution in [-0.4, -0.2) is 59.2 Å². The first-order chi connectivity index (χ1) is 18.4. The molecule has 3 heterocycles. The SMILES string of the molecule is CCO/N=C(/c1ccc(Br)cc1)C1CCCCN1C1(C)CCN(C(=O)c2cc[n+]([O-])c3ccccc23)CC1. The van der Waals surface area contributed by atoms with Gasteiger partial charge >= 0.3 is 0 Å². The van der Waals surface area contributed by atoms with Gasteiger partial charge in [0.1, 0.15) is 12.3 Å². The summed E-state index contributed by atoms with van der Waals surface area (Å²) >= 11 is 3.55. The molecule has 0 saturated carbocycles. The molecular weight excluding hydrogens is 544 g/mol. The highest BCUT2D eigenvalue weighted by molar-refractivity contribution is 9.10. The first kappa shape index (κ1) is 26.6. The van der Waals surface area contributed by atoms with E-state index >= 15 is 0 Å². The number of likely N-dealkylation sites (tertiary alicyclic amines) is 2. The highest BCUT2D eigenvalue weighted by Gasteiger charge is 2.43. The number of para-hydroxylation sites is 1. The van der Waals surface area contributed by atoms with Gasteiger partial charge in [-0.2, -0.15) is 4.73 Å². The van der Waals surface area contributed by atoms with Gasteiger partial charge < -0.3 is 14.9 Å². The van der Waals surface area contributed by atoms with Gasteiger partial charge in [0.15, 0.2) is 6.20 Å². The lowest BCUT2D eigenvalue weighted by Gasteiger charge is -2.51. The molecule has 2 fully saturated rings. The van der Waals surface area contributed by atoms with Crippen LogP contribution < -0.4 is 4.73 Å². The van der Waals surface area contributed by atoms with E-state index in [1.165, 1.54) is 6.20 Å². The zero-order valence-electron chi connectivity index (χ0n) is 22.1. The maximum absolute atomic E-state index is 13.6. The monoisotopic (exact) mass is 578 g/mol. The van der Waals surface area contributed by atoms with E-state index in [4.69, 9.17) is 4.84 Å². The minimum Gasteiger partial charge on any atom is -0.618 e. The number of aromatic nitrogens is 1. The lowest BCUT2D eigenvalue weighted by molar-refractivity contribution is -0.577. The second kappa shape index (κ2) is 11.4. The fourth-order valence-corrected chi connectivity index (χ4v) is 6.23. The average molecular weight is 580 g/mol. The number of piperidine rings is 2. The van der Waals surface area contributed by atoms with E-state index in [2.05, 4.69) is 57.2 Å². The van der Waals surface area contributed by atoms with Crippen LogP contribution in [0.15, 0.2) is 70.4 Å². The molecule has 0 aliphatic carbocycles. The molecule has 7 nitrogen and oxygen atoms in total. The third-order valence-electron chi connectivity index (χ3n) is 8.11. The number of amides is 1. The molecule has 200 valence electrons. The van der Waals surface area contributed by atoms with Gasteiger partial charge in [0.2, 0.25) is 5.52 Å². The van der Waals surface area contributed by atoms with Crippen LogP contribution in [0.3, 0.4) is 0 Å². The third-order valence-corrected chi connectivity index (χ3v) is 8.64. The van der Waals surface area contributed by atoms with Crippen molar-refractivity contribution in [3.8, 4) is 0 Å². The Morgan fingerprint density at radius 2 is 1.84 bits per heavy atom. The zero-order valence-corrected chi connectivity index (χ0v) is 23.7. The van der Waals surface area contributed by atoms with E-state index in [1.54, 1.807) is 12.1 Å². The van der Waals surface area contributed by atoms with Crippen molar-refractivity contribution in [3.05, 3.63) is 81.6 Å². The van der Waals surface area contributed by atoms with Crippen LogP contribution in [0.2, 0.25) is 0 Å². The minimum atomic E-state index is -0.0546. The minimum absolute atomic E-state index is 0.00694. The van der Waals surface area contributed by atoms with Crippen LogP contribution in [0.25, 0.3) is 10.9 Å². The molecule has 0 radical (unpaired) electrons. The smallest absolute Gasteiger partial charge is 0.254 e. The second-order valence-corrected chi connectivity index (χ2v) is 11.4. The third kappa shape index (κ3) is 5.29. The molecule has 0 spiro atoms. The van der Waals surface area contributed by atoms with Crippen molar-refractivity contribution in [1.82, 2.24) is 9.80 Å². The molecule has 1 unspecified atom stereocenters. The molecule has 3 aromatic rings. The number of rotatable bonds is 6. The predicted molar refractivity (Wildman–Crippen MR) is 153 cm³/mol. The standard InChI is InChI=1S/C30H35BrN4O3/c1-3-38-32-28(22-11-13-23(31)14-12-22)27-10-6-7-18-34(27)30(2)16-20-33(21-17-30)29(36)25-15-19-35(37)26-9-5-4-8-24(25)26/h4-5,8-9,11-15,19,27H,3,6-7,10,16-18,20-21H2,1-2H3/b32-28-. The molecule has 0 N–H and O–H groups in total. The van der Waals surface area contributed by atoms with E-state index in [1.807, 2.05) is 30.0 Å². The number of oxime groups is 1. The van der Waals surface area contributed by atoms with Crippen molar-refractivity contribution in [2.24, 2.45) is 5.16 Å². The largest absolute Gasteiger partial charge is 0.618 e. The summed E-state index contributed by atoms with van der Waals surface area (Å²) in [5.74, 6) is -0.00694. The second-order valence-electron chi connectivity index (χ2n) is 10.5. The zero-order chi connectivity index (χ0) is 26.7. The summed E-state index contributed by atoms with van der Waals surface area (Å²) in [7, 11) is 0. The topological polar surface area (TPSA) is 72.1 Å². The van der Waals surface area contributed by atoms with Gasteiger partial charge in [0, 0.05) is 40.8 Å². The van der Waals surface area contributed by atoms with Crippen molar-refractivity contribution in [3.63, 3.8) is 0 Å². The van der Waals surface area contributed by atoms with Crippen molar-refractivity contribution in [1.29, 1.82) is 0 Å². The first-order valence-corrected chi connectivity index (χ1v) is 14.3. The molecule has 1 atom stereocenters. The Balaban J connectivity index is 1.36. The number of nitrogens with zero attached hydrogens (tertiary/aromatic N) is 4. The van der Waals surface area contributed by atoms with Crippen LogP contribution in [0.5, 0.6) is 0 Å². The summed E-state index contributed by atoms with van der Waals surface area (Å²) in [5, 5.41) is 17.6. The number of benzene rings is 2. The maximum Gasteiger partial charge on any atom is 0.254 e. The first-order valence-electron chi connectivity index (χ1n) is 13.5. The summed E-state index contributed by atoms with van der Waals surface area (Å²) in [5.41, 5.74) is 3.13. The quantitative estimate of drug-likeness (QED) is 0.167. The van der Waals surface area contributed by atoms with E-state index in [0.29, 0.717) is 36.2 Å². The van der Waals surface area contributed by atoms with Crippen molar-refractivity contribution in [2.45, 2.75) is 57.5 Å². The Kier molecular flexibility index (Phi) is 8.00. The summed E-state index contributed by atoms with van der Waals surface area (Å²) < 4.78 is 1.86. The Labute approximate surface area is 232 Å². The molecule has 0 bridgehead atoms. The molecular formula is C30H35BrN4O3. The molecule has 2 aromatic carbocycles. The molecule has 2 aliphatic rings. The van der Waals surface area contributed by atoms with Gasteiger partial charge in [-0.25, -0.2) is 0 Å². The number of hydrogen-bond donors (Lipinski definition) is 0. The van der Waals surface area contributed by atoms with Gasteiger partial charge in [-0.1, -0.05) is 51.8 Å². The van der Waals surface area contributed by atoms with Crippen LogP contribution in [-0.2, 0) is 4.84 Å². The van der Waals surface area contributed by atoms with Crippen LogP contribution in [0.1, 0.15) is 61.9 Å². The van der Waals surface area contributed by atoms with Gasteiger partial charge in [-0.15, -0.1) is 0 Å². The number of halogens is 1. The van der Waals surface area contributed by atoms with E-state index < -0.39 is 0 Å². The lowest BCUT2D eigenvalue weighted by atomic mass is 9.82.